The summed E-state index contributed by atoms with van der Waals surface area (Å²) < 4.78 is 29.8. The van der Waals surface area contributed by atoms with Gasteiger partial charge in [-0.2, -0.15) is 0 Å². The van der Waals surface area contributed by atoms with Crippen molar-refractivity contribution < 1.29 is 13.2 Å². The van der Waals surface area contributed by atoms with Crippen LogP contribution in [0.15, 0.2) is 18.2 Å². The zero-order valence-electron chi connectivity index (χ0n) is 12.3. The van der Waals surface area contributed by atoms with Crippen LogP contribution < -0.4 is 10.1 Å². The van der Waals surface area contributed by atoms with Gasteiger partial charge in [-0.05, 0) is 25.0 Å². The lowest BCUT2D eigenvalue weighted by Crippen LogP contribution is -2.44. The first-order chi connectivity index (χ1) is 9.91. The second kappa shape index (κ2) is 6.96. The Morgan fingerprint density at radius 2 is 2.05 bits per heavy atom. The van der Waals surface area contributed by atoms with Gasteiger partial charge in [0.15, 0.2) is 0 Å². The zero-order chi connectivity index (χ0) is 15.5. The summed E-state index contributed by atoms with van der Waals surface area (Å²) in [5, 5.41) is 4.12. The molecule has 0 saturated carbocycles. The molecule has 0 amide bonds. The van der Waals surface area contributed by atoms with Gasteiger partial charge >= 0.3 is 0 Å². The Balaban J connectivity index is 1.91. The fraction of sp³-hybridized carbons (Fsp3) is 0.571. The first-order valence-corrected chi connectivity index (χ1v) is 9.14. The van der Waals surface area contributed by atoms with Gasteiger partial charge in [0.05, 0.1) is 13.4 Å². The van der Waals surface area contributed by atoms with Crippen LogP contribution in [0.5, 0.6) is 5.75 Å². The molecular formula is C14H21ClN2O3S. The number of piperidine rings is 1. The maximum absolute atomic E-state index is 11.5. The van der Waals surface area contributed by atoms with Crippen molar-refractivity contribution in [2.75, 3.05) is 26.5 Å². The molecule has 1 aromatic carbocycles. The molecule has 1 N–H and O–H groups in total. The lowest BCUT2D eigenvalue weighted by Gasteiger charge is -2.31. The largest absolute Gasteiger partial charge is 0.496 e. The number of nitrogens with one attached hydrogen (secondary N) is 1. The van der Waals surface area contributed by atoms with Gasteiger partial charge < -0.3 is 10.1 Å². The summed E-state index contributed by atoms with van der Waals surface area (Å²) in [7, 11) is -1.44. The Morgan fingerprint density at radius 3 is 2.62 bits per heavy atom. The fourth-order valence-corrected chi connectivity index (χ4v) is 3.65. The highest BCUT2D eigenvalue weighted by Gasteiger charge is 2.24. The molecule has 0 aliphatic carbocycles. The van der Waals surface area contributed by atoms with E-state index in [1.807, 2.05) is 18.2 Å². The van der Waals surface area contributed by atoms with E-state index < -0.39 is 10.0 Å². The highest BCUT2D eigenvalue weighted by Crippen LogP contribution is 2.26. The van der Waals surface area contributed by atoms with Gasteiger partial charge in [0.2, 0.25) is 10.0 Å². The summed E-state index contributed by atoms with van der Waals surface area (Å²) >= 11 is 6.20. The van der Waals surface area contributed by atoms with Crippen LogP contribution in [-0.4, -0.2) is 45.2 Å². The molecule has 0 spiro atoms. The van der Waals surface area contributed by atoms with E-state index in [4.69, 9.17) is 16.3 Å². The second-order valence-corrected chi connectivity index (χ2v) is 7.63. The lowest BCUT2D eigenvalue weighted by atomic mass is 10.1. The maximum atomic E-state index is 11.5. The zero-order valence-corrected chi connectivity index (χ0v) is 13.9. The molecule has 0 atom stereocenters. The van der Waals surface area contributed by atoms with Crippen LogP contribution in [0.2, 0.25) is 5.02 Å². The number of ether oxygens (including phenoxy) is 1. The van der Waals surface area contributed by atoms with Crippen LogP contribution in [0.25, 0.3) is 0 Å². The van der Waals surface area contributed by atoms with Crippen LogP contribution >= 0.6 is 11.6 Å². The van der Waals surface area contributed by atoms with Crippen molar-refractivity contribution in [3.05, 3.63) is 28.8 Å². The molecule has 1 aliphatic heterocycles. The Bertz CT molecular complexity index is 584. The number of hydrogen-bond acceptors (Lipinski definition) is 4. The average molecular weight is 333 g/mol. The van der Waals surface area contributed by atoms with Gasteiger partial charge in [0.1, 0.15) is 5.75 Å². The molecule has 7 heteroatoms. The Kier molecular flexibility index (Phi) is 5.48. The first kappa shape index (κ1) is 16.5. The quantitative estimate of drug-likeness (QED) is 0.894. The van der Waals surface area contributed by atoms with Gasteiger partial charge in [-0.25, -0.2) is 12.7 Å². The smallest absolute Gasteiger partial charge is 0.211 e. The number of rotatable bonds is 5. The molecular weight excluding hydrogens is 312 g/mol. The molecule has 0 unspecified atom stereocenters. The SMILES string of the molecule is COc1cccc(Cl)c1CNC1CCN(S(C)(=O)=O)CC1. The van der Waals surface area contributed by atoms with E-state index in [1.165, 1.54) is 10.6 Å². The third-order valence-corrected chi connectivity index (χ3v) is 5.44. The average Bonchev–Trinajstić information content (AvgIpc) is 2.45. The van der Waals surface area contributed by atoms with Crippen LogP contribution in [0.1, 0.15) is 18.4 Å². The molecule has 2 rings (SSSR count). The van der Waals surface area contributed by atoms with Crippen molar-refractivity contribution in [1.82, 2.24) is 9.62 Å². The van der Waals surface area contributed by atoms with Crippen molar-refractivity contribution in [1.29, 1.82) is 0 Å². The third-order valence-electron chi connectivity index (χ3n) is 3.79. The van der Waals surface area contributed by atoms with E-state index in [9.17, 15) is 8.42 Å². The van der Waals surface area contributed by atoms with E-state index in [1.54, 1.807) is 7.11 Å². The molecule has 1 saturated heterocycles. The molecule has 0 bridgehead atoms. The fourth-order valence-electron chi connectivity index (χ4n) is 2.54. The minimum atomic E-state index is -3.07. The summed E-state index contributed by atoms with van der Waals surface area (Å²) in [6.45, 7) is 1.75. The first-order valence-electron chi connectivity index (χ1n) is 6.91. The topological polar surface area (TPSA) is 58.6 Å². The van der Waals surface area contributed by atoms with Crippen LogP contribution in [-0.2, 0) is 16.6 Å². The minimum absolute atomic E-state index is 0.295. The molecule has 0 aromatic heterocycles. The van der Waals surface area contributed by atoms with Crippen molar-refractivity contribution in [3.63, 3.8) is 0 Å². The van der Waals surface area contributed by atoms with Gasteiger partial charge in [0, 0.05) is 36.3 Å². The molecule has 1 aromatic rings. The Morgan fingerprint density at radius 1 is 1.38 bits per heavy atom. The predicted octanol–water partition coefficient (Wildman–Crippen LogP) is 1.86. The summed E-state index contributed by atoms with van der Waals surface area (Å²) in [5.74, 6) is 0.767. The van der Waals surface area contributed by atoms with E-state index >= 15 is 0 Å². The standard InChI is InChI=1S/C14H21ClN2O3S/c1-20-14-5-3-4-13(15)12(14)10-16-11-6-8-17(9-7-11)21(2,18)19/h3-5,11,16H,6-10H2,1-2H3. The van der Waals surface area contributed by atoms with E-state index in [0.29, 0.717) is 30.7 Å². The van der Waals surface area contributed by atoms with Gasteiger partial charge in [-0.1, -0.05) is 17.7 Å². The van der Waals surface area contributed by atoms with Crippen molar-refractivity contribution >= 4 is 21.6 Å². The highest BCUT2D eigenvalue weighted by atomic mass is 35.5. The van der Waals surface area contributed by atoms with E-state index in [-0.39, 0.29) is 0 Å². The molecule has 0 radical (unpaired) electrons. The molecule has 1 aliphatic rings. The molecule has 1 fully saturated rings. The third kappa shape index (κ3) is 4.32. The molecule has 21 heavy (non-hydrogen) atoms. The molecule has 1 heterocycles. The van der Waals surface area contributed by atoms with Crippen LogP contribution in [0.4, 0.5) is 0 Å². The normalized spacial score (nSPS) is 17.9. The Labute approximate surface area is 131 Å². The van der Waals surface area contributed by atoms with Crippen LogP contribution in [0, 0.1) is 0 Å². The second-order valence-electron chi connectivity index (χ2n) is 5.24. The summed E-state index contributed by atoms with van der Waals surface area (Å²) in [5.41, 5.74) is 0.937. The van der Waals surface area contributed by atoms with Crippen molar-refractivity contribution in [2.24, 2.45) is 0 Å². The molecule has 5 nitrogen and oxygen atoms in total. The summed E-state index contributed by atoms with van der Waals surface area (Å²) in [6.07, 6.45) is 2.87. The minimum Gasteiger partial charge on any atom is -0.496 e. The van der Waals surface area contributed by atoms with Crippen LogP contribution in [0.3, 0.4) is 0 Å². The number of sulfonamides is 1. The number of halogens is 1. The lowest BCUT2D eigenvalue weighted by molar-refractivity contribution is 0.289. The van der Waals surface area contributed by atoms with Crippen molar-refractivity contribution in [2.45, 2.75) is 25.4 Å². The van der Waals surface area contributed by atoms with Gasteiger partial charge in [-0.15, -0.1) is 0 Å². The summed E-state index contributed by atoms with van der Waals surface area (Å²) in [4.78, 5) is 0. The van der Waals surface area contributed by atoms with Crippen molar-refractivity contribution in [3.8, 4) is 5.75 Å². The number of methoxy groups -OCH3 is 1. The Hall–Kier alpha value is -0.820. The van der Waals surface area contributed by atoms with E-state index in [2.05, 4.69) is 5.32 Å². The number of hydrogen-bond donors (Lipinski definition) is 1. The number of nitrogens with zero attached hydrogens (tertiary/aromatic N) is 1. The summed E-state index contributed by atoms with van der Waals surface area (Å²) in [6, 6.07) is 5.88. The molecule has 118 valence electrons. The monoisotopic (exact) mass is 332 g/mol. The number of benzene rings is 1. The van der Waals surface area contributed by atoms with Gasteiger partial charge in [-0.3, -0.25) is 0 Å². The highest BCUT2D eigenvalue weighted by molar-refractivity contribution is 7.88. The van der Waals surface area contributed by atoms with Gasteiger partial charge in [0.25, 0.3) is 0 Å². The maximum Gasteiger partial charge on any atom is 0.211 e. The van der Waals surface area contributed by atoms with E-state index in [0.717, 1.165) is 24.2 Å². The predicted molar refractivity (Wildman–Crippen MR) is 84.3 cm³/mol.